The first-order valence-corrected chi connectivity index (χ1v) is 4.26. The van der Waals surface area contributed by atoms with Gasteiger partial charge in [0.15, 0.2) is 0 Å². The van der Waals surface area contributed by atoms with Gasteiger partial charge in [-0.3, -0.25) is 0 Å². The van der Waals surface area contributed by atoms with Crippen LogP contribution in [0.15, 0.2) is 29.3 Å². The second kappa shape index (κ2) is 5.57. The first-order chi connectivity index (χ1) is 7.22. The summed E-state index contributed by atoms with van der Waals surface area (Å²) in [6.45, 7) is 0.451. The average molecular weight is 206 g/mol. The summed E-state index contributed by atoms with van der Waals surface area (Å²) in [5.74, 6) is 0. The highest BCUT2D eigenvalue weighted by Gasteiger charge is 1.97. The zero-order valence-corrected chi connectivity index (χ0v) is 7.97. The van der Waals surface area contributed by atoms with E-state index in [1.807, 2.05) is 0 Å². The van der Waals surface area contributed by atoms with Crippen LogP contribution in [-0.4, -0.2) is 12.2 Å². The number of nitrogens with zero attached hydrogens (tertiary/aromatic N) is 1. The third kappa shape index (κ3) is 4.06. The molecule has 0 aliphatic rings. The van der Waals surface area contributed by atoms with Crippen molar-refractivity contribution in [2.45, 2.75) is 13.2 Å². The van der Waals surface area contributed by atoms with Crippen LogP contribution in [0.3, 0.4) is 0 Å². The molecule has 0 fully saturated rings. The summed E-state index contributed by atoms with van der Waals surface area (Å²) in [5, 5.41) is 0. The Morgan fingerprint density at radius 1 is 1.33 bits per heavy atom. The van der Waals surface area contributed by atoms with Crippen molar-refractivity contribution in [3.8, 4) is 0 Å². The molecule has 0 spiro atoms. The van der Waals surface area contributed by atoms with E-state index in [0.29, 0.717) is 6.54 Å². The molecule has 0 atom stereocenters. The Morgan fingerprint density at radius 3 is 2.47 bits per heavy atom. The van der Waals surface area contributed by atoms with Crippen molar-refractivity contribution in [1.82, 2.24) is 0 Å². The molecule has 0 unspecified atom stereocenters. The second-order valence-electron chi connectivity index (χ2n) is 2.83. The highest BCUT2D eigenvalue weighted by atomic mass is 16.5. The lowest BCUT2D eigenvalue weighted by atomic mass is 10.1. The molecule has 5 heteroatoms. The van der Waals surface area contributed by atoms with Gasteiger partial charge in [0.2, 0.25) is 6.08 Å². The summed E-state index contributed by atoms with van der Waals surface area (Å²) in [6, 6.07) is 7.14. The summed E-state index contributed by atoms with van der Waals surface area (Å²) < 4.78 is 4.60. The third-order valence-electron chi connectivity index (χ3n) is 1.73. The predicted molar refractivity (Wildman–Crippen MR) is 52.6 cm³/mol. The van der Waals surface area contributed by atoms with E-state index >= 15 is 0 Å². The van der Waals surface area contributed by atoms with Gasteiger partial charge < -0.3 is 10.5 Å². The van der Waals surface area contributed by atoms with Crippen LogP contribution in [0.1, 0.15) is 11.1 Å². The molecular formula is C10H10N2O3. The smallest absolute Gasteiger partial charge is 0.404 e. The first kappa shape index (κ1) is 10.9. The number of benzene rings is 1. The number of isocyanates is 1. The lowest BCUT2D eigenvalue weighted by Crippen LogP contribution is -2.12. The Balaban J connectivity index is 2.55. The number of nitrogens with two attached hydrogens (primary N) is 1. The standard InChI is InChI=1S/C10H10N2O3/c11-10(14)15-6-9-3-1-8(2-4-9)5-12-7-13/h1-4H,5-6H2,(H2,11,14). The molecule has 15 heavy (non-hydrogen) atoms. The van der Waals surface area contributed by atoms with Crippen LogP contribution in [0.5, 0.6) is 0 Å². The van der Waals surface area contributed by atoms with Gasteiger partial charge in [-0.1, -0.05) is 24.3 Å². The van der Waals surface area contributed by atoms with E-state index in [1.165, 1.54) is 6.08 Å². The number of primary amides is 1. The Morgan fingerprint density at radius 2 is 1.93 bits per heavy atom. The molecule has 0 heterocycles. The van der Waals surface area contributed by atoms with E-state index in [0.717, 1.165) is 11.1 Å². The van der Waals surface area contributed by atoms with Crippen molar-refractivity contribution < 1.29 is 14.3 Å². The van der Waals surface area contributed by atoms with Gasteiger partial charge in [-0.25, -0.2) is 14.6 Å². The van der Waals surface area contributed by atoms with Crippen molar-refractivity contribution >= 4 is 12.2 Å². The minimum Gasteiger partial charge on any atom is -0.445 e. The summed E-state index contributed by atoms with van der Waals surface area (Å²) in [5.41, 5.74) is 6.53. The third-order valence-corrected chi connectivity index (χ3v) is 1.73. The van der Waals surface area contributed by atoms with Crippen LogP contribution < -0.4 is 5.73 Å². The maximum absolute atomic E-state index is 10.3. The molecule has 1 aromatic rings. The molecule has 1 rings (SSSR count). The van der Waals surface area contributed by atoms with Crippen LogP contribution in [0.4, 0.5) is 4.79 Å². The lowest BCUT2D eigenvalue weighted by Gasteiger charge is -2.02. The van der Waals surface area contributed by atoms with Gasteiger partial charge in [-0.2, -0.15) is 0 Å². The number of carbonyl (C=O) groups is 1. The molecule has 1 aromatic carbocycles. The van der Waals surface area contributed by atoms with E-state index in [9.17, 15) is 9.59 Å². The molecular weight excluding hydrogens is 196 g/mol. The van der Waals surface area contributed by atoms with Crippen molar-refractivity contribution in [2.75, 3.05) is 0 Å². The van der Waals surface area contributed by atoms with Gasteiger partial charge in [0.05, 0.1) is 6.54 Å². The van der Waals surface area contributed by atoms with E-state index in [1.54, 1.807) is 24.3 Å². The quantitative estimate of drug-likeness (QED) is 0.591. The first-order valence-electron chi connectivity index (χ1n) is 4.26. The summed E-state index contributed by atoms with van der Waals surface area (Å²) >= 11 is 0. The highest BCUT2D eigenvalue weighted by Crippen LogP contribution is 2.06. The Bertz CT molecular complexity index is 380. The molecule has 0 aliphatic heterocycles. The molecule has 0 radical (unpaired) electrons. The molecule has 0 saturated carbocycles. The van der Waals surface area contributed by atoms with Crippen LogP contribution in [0.25, 0.3) is 0 Å². The highest BCUT2D eigenvalue weighted by molar-refractivity contribution is 5.64. The number of hydrogen-bond acceptors (Lipinski definition) is 4. The van der Waals surface area contributed by atoms with Gasteiger partial charge in [0.1, 0.15) is 6.61 Å². The molecule has 78 valence electrons. The second-order valence-corrected chi connectivity index (χ2v) is 2.83. The fraction of sp³-hybridized carbons (Fsp3) is 0.200. The molecule has 0 aromatic heterocycles. The largest absolute Gasteiger partial charge is 0.445 e. The fourth-order valence-corrected chi connectivity index (χ4v) is 1.02. The Hall–Kier alpha value is -2.13. The fourth-order valence-electron chi connectivity index (χ4n) is 1.02. The van der Waals surface area contributed by atoms with Crippen molar-refractivity contribution in [1.29, 1.82) is 0 Å². The van der Waals surface area contributed by atoms with Crippen LogP contribution in [0, 0.1) is 0 Å². The Kier molecular flexibility index (Phi) is 4.06. The molecule has 0 bridgehead atoms. The zero-order chi connectivity index (χ0) is 11.1. The zero-order valence-electron chi connectivity index (χ0n) is 7.97. The van der Waals surface area contributed by atoms with E-state index < -0.39 is 6.09 Å². The van der Waals surface area contributed by atoms with Gasteiger partial charge >= 0.3 is 6.09 Å². The lowest BCUT2D eigenvalue weighted by molar-refractivity contribution is 0.150. The predicted octanol–water partition coefficient (Wildman–Crippen LogP) is 1.12. The SMILES string of the molecule is NC(=O)OCc1ccc(CN=C=O)cc1. The molecule has 0 saturated heterocycles. The Labute approximate surface area is 86.6 Å². The number of amides is 1. The average Bonchev–Trinajstić information content (AvgIpc) is 2.25. The van der Waals surface area contributed by atoms with E-state index in [2.05, 4.69) is 9.73 Å². The molecule has 1 amide bonds. The number of hydrogen-bond donors (Lipinski definition) is 1. The van der Waals surface area contributed by atoms with Gasteiger partial charge in [0, 0.05) is 0 Å². The topological polar surface area (TPSA) is 81.8 Å². The van der Waals surface area contributed by atoms with Crippen LogP contribution in [0.2, 0.25) is 0 Å². The molecule has 2 N–H and O–H groups in total. The molecule has 0 aliphatic carbocycles. The van der Waals surface area contributed by atoms with E-state index in [4.69, 9.17) is 5.73 Å². The number of aliphatic imine (C=N–C) groups is 1. The number of carbonyl (C=O) groups excluding carboxylic acids is 2. The van der Waals surface area contributed by atoms with Gasteiger partial charge in [-0.05, 0) is 11.1 Å². The van der Waals surface area contributed by atoms with E-state index in [-0.39, 0.29) is 6.61 Å². The maximum Gasteiger partial charge on any atom is 0.404 e. The van der Waals surface area contributed by atoms with Crippen LogP contribution >= 0.6 is 0 Å². The normalized spacial score (nSPS) is 9.07. The van der Waals surface area contributed by atoms with Crippen molar-refractivity contribution in [3.05, 3.63) is 35.4 Å². The van der Waals surface area contributed by atoms with Crippen molar-refractivity contribution in [3.63, 3.8) is 0 Å². The summed E-state index contributed by atoms with van der Waals surface area (Å²) in [4.78, 5) is 23.6. The minimum atomic E-state index is -0.801. The molecule has 5 nitrogen and oxygen atoms in total. The number of rotatable bonds is 4. The van der Waals surface area contributed by atoms with Crippen molar-refractivity contribution in [2.24, 2.45) is 10.7 Å². The number of ether oxygens (including phenoxy) is 1. The minimum absolute atomic E-state index is 0.145. The summed E-state index contributed by atoms with van der Waals surface area (Å²) in [6.07, 6.45) is 0.659. The van der Waals surface area contributed by atoms with Gasteiger partial charge in [-0.15, -0.1) is 0 Å². The summed E-state index contributed by atoms with van der Waals surface area (Å²) in [7, 11) is 0. The van der Waals surface area contributed by atoms with Gasteiger partial charge in [0.25, 0.3) is 0 Å². The maximum atomic E-state index is 10.3. The monoisotopic (exact) mass is 206 g/mol. The van der Waals surface area contributed by atoms with Crippen LogP contribution in [-0.2, 0) is 22.7 Å².